The molecular weight excluding hydrogens is 270 g/mol. The fourth-order valence-corrected chi connectivity index (χ4v) is 2.11. The molecule has 0 aliphatic heterocycles. The fourth-order valence-electron chi connectivity index (χ4n) is 2.11. The summed E-state index contributed by atoms with van der Waals surface area (Å²) in [5, 5.41) is 11.2. The van der Waals surface area contributed by atoms with Crippen molar-refractivity contribution in [1.82, 2.24) is 19.6 Å². The van der Waals surface area contributed by atoms with E-state index < -0.39 is 0 Å². The van der Waals surface area contributed by atoms with Gasteiger partial charge in [-0.2, -0.15) is 0 Å². The lowest BCUT2D eigenvalue weighted by Crippen LogP contribution is -2.14. The van der Waals surface area contributed by atoms with Crippen molar-refractivity contribution in [3.05, 3.63) is 54.7 Å². The first-order valence-electron chi connectivity index (χ1n) is 6.26. The number of anilines is 1. The molecule has 7 nitrogen and oxygen atoms in total. The van der Waals surface area contributed by atoms with Crippen molar-refractivity contribution in [2.24, 2.45) is 0 Å². The molecule has 0 unspecified atom stereocenters. The quantitative estimate of drug-likeness (QED) is 0.607. The molecule has 0 saturated heterocycles. The zero-order valence-corrected chi connectivity index (χ0v) is 10.7. The molecule has 0 radical (unpaired) electrons. The number of para-hydroxylation sites is 1. The van der Waals surface area contributed by atoms with Crippen molar-refractivity contribution < 1.29 is 9.21 Å². The molecule has 0 atom stereocenters. The number of hydrogen-bond donors (Lipinski definition) is 1. The molecule has 3 aromatic heterocycles. The van der Waals surface area contributed by atoms with Crippen LogP contribution in [-0.2, 0) is 0 Å². The number of amides is 1. The first-order chi connectivity index (χ1) is 10.3. The summed E-state index contributed by atoms with van der Waals surface area (Å²) < 4.78 is 7.10. The molecule has 0 fully saturated rings. The van der Waals surface area contributed by atoms with Crippen LogP contribution in [0.15, 0.2) is 53.3 Å². The van der Waals surface area contributed by atoms with Crippen LogP contribution in [0.4, 0.5) is 5.95 Å². The monoisotopic (exact) mass is 279 g/mol. The Morgan fingerprint density at radius 1 is 1.24 bits per heavy atom. The minimum absolute atomic E-state index is 0.225. The van der Waals surface area contributed by atoms with Gasteiger partial charge in [-0.15, -0.1) is 10.2 Å². The van der Waals surface area contributed by atoms with Gasteiger partial charge in [0.25, 0.3) is 5.91 Å². The molecule has 0 aliphatic rings. The second kappa shape index (κ2) is 4.41. The van der Waals surface area contributed by atoms with Crippen molar-refractivity contribution in [2.45, 2.75) is 0 Å². The van der Waals surface area contributed by atoms with Gasteiger partial charge in [0, 0.05) is 17.6 Å². The highest BCUT2D eigenvalue weighted by Crippen LogP contribution is 2.19. The van der Waals surface area contributed by atoms with Crippen molar-refractivity contribution in [3.8, 4) is 0 Å². The third-order valence-corrected chi connectivity index (χ3v) is 3.10. The van der Waals surface area contributed by atoms with Gasteiger partial charge in [-0.25, -0.2) is 4.98 Å². The lowest BCUT2D eigenvalue weighted by Gasteiger charge is -2.03. The van der Waals surface area contributed by atoms with Crippen LogP contribution in [0.2, 0.25) is 0 Å². The Morgan fingerprint density at radius 3 is 3.05 bits per heavy atom. The molecule has 3 heterocycles. The Hall–Kier alpha value is -3.22. The highest BCUT2D eigenvalue weighted by atomic mass is 16.3. The largest absolute Gasteiger partial charge is 0.451 e. The molecule has 102 valence electrons. The van der Waals surface area contributed by atoms with Crippen LogP contribution in [0.1, 0.15) is 10.6 Å². The molecule has 0 saturated carbocycles. The normalized spacial score (nSPS) is 11.0. The van der Waals surface area contributed by atoms with Crippen LogP contribution < -0.4 is 5.32 Å². The van der Waals surface area contributed by atoms with Gasteiger partial charge in [-0.1, -0.05) is 18.2 Å². The number of rotatable bonds is 2. The molecular formula is C14H9N5O2. The summed E-state index contributed by atoms with van der Waals surface area (Å²) in [5.74, 6) is 0.186. The smallest absolute Gasteiger partial charge is 0.293 e. The van der Waals surface area contributed by atoms with E-state index in [2.05, 4.69) is 20.5 Å². The Bertz CT molecular complexity index is 923. The highest BCUT2D eigenvalue weighted by molar-refractivity contribution is 6.03. The second-order valence-corrected chi connectivity index (χ2v) is 4.43. The minimum Gasteiger partial charge on any atom is -0.451 e. The molecule has 0 aliphatic carbocycles. The molecule has 21 heavy (non-hydrogen) atoms. The van der Waals surface area contributed by atoms with Gasteiger partial charge in [0.15, 0.2) is 11.4 Å². The van der Waals surface area contributed by atoms with Crippen molar-refractivity contribution in [1.29, 1.82) is 0 Å². The predicted octanol–water partition coefficient (Wildman–Crippen LogP) is 2.12. The predicted molar refractivity (Wildman–Crippen MR) is 74.9 cm³/mol. The topological polar surface area (TPSA) is 85.3 Å². The molecule has 1 amide bonds. The van der Waals surface area contributed by atoms with E-state index in [1.54, 1.807) is 22.7 Å². The Labute approximate surface area is 118 Å². The number of benzene rings is 1. The zero-order chi connectivity index (χ0) is 14.2. The van der Waals surface area contributed by atoms with Crippen LogP contribution >= 0.6 is 0 Å². The molecule has 1 aromatic carbocycles. The summed E-state index contributed by atoms with van der Waals surface area (Å²) in [6, 6.07) is 10.8. The Morgan fingerprint density at radius 2 is 2.14 bits per heavy atom. The maximum atomic E-state index is 12.3. The van der Waals surface area contributed by atoms with Crippen LogP contribution in [0.5, 0.6) is 0 Å². The zero-order valence-electron chi connectivity index (χ0n) is 10.7. The van der Waals surface area contributed by atoms with E-state index in [-0.39, 0.29) is 11.7 Å². The Balaban J connectivity index is 1.70. The second-order valence-electron chi connectivity index (χ2n) is 4.43. The molecule has 4 rings (SSSR count). The number of hydrogen-bond acceptors (Lipinski definition) is 5. The minimum atomic E-state index is -0.375. The number of carbonyl (C=O) groups is 1. The van der Waals surface area contributed by atoms with E-state index in [9.17, 15) is 4.79 Å². The lowest BCUT2D eigenvalue weighted by molar-refractivity contribution is 0.0997. The summed E-state index contributed by atoms with van der Waals surface area (Å²) in [7, 11) is 0. The third-order valence-electron chi connectivity index (χ3n) is 3.10. The van der Waals surface area contributed by atoms with Gasteiger partial charge >= 0.3 is 0 Å². The number of fused-ring (bicyclic) bond motifs is 2. The van der Waals surface area contributed by atoms with E-state index in [0.29, 0.717) is 17.2 Å². The first-order valence-corrected chi connectivity index (χ1v) is 6.26. The van der Waals surface area contributed by atoms with Gasteiger partial charge in [0.05, 0.1) is 0 Å². The number of nitrogens with one attached hydrogen (secondary N) is 1. The van der Waals surface area contributed by atoms with E-state index in [1.807, 2.05) is 24.3 Å². The summed E-state index contributed by atoms with van der Waals surface area (Å²) in [6.07, 6.45) is 3.04. The van der Waals surface area contributed by atoms with Crippen molar-refractivity contribution in [2.75, 3.05) is 5.32 Å². The van der Waals surface area contributed by atoms with Crippen molar-refractivity contribution >= 4 is 28.5 Å². The van der Waals surface area contributed by atoms with Crippen LogP contribution in [0.25, 0.3) is 16.6 Å². The first kappa shape index (κ1) is 11.6. The van der Waals surface area contributed by atoms with Crippen LogP contribution in [-0.4, -0.2) is 25.5 Å². The van der Waals surface area contributed by atoms with Gasteiger partial charge in [0.1, 0.15) is 11.9 Å². The number of aromatic nitrogens is 4. The maximum absolute atomic E-state index is 12.3. The molecule has 0 bridgehead atoms. The number of carbonyl (C=O) groups excluding carboxylic acids is 1. The molecule has 0 spiro atoms. The van der Waals surface area contributed by atoms with Gasteiger partial charge in [-0.05, 0) is 12.1 Å². The van der Waals surface area contributed by atoms with Gasteiger partial charge < -0.3 is 4.42 Å². The van der Waals surface area contributed by atoms with E-state index in [1.165, 1.54) is 6.33 Å². The van der Waals surface area contributed by atoms with Crippen LogP contribution in [0.3, 0.4) is 0 Å². The van der Waals surface area contributed by atoms with Crippen LogP contribution in [0, 0.1) is 0 Å². The van der Waals surface area contributed by atoms with Gasteiger partial charge in [0.2, 0.25) is 5.95 Å². The standard InChI is InChI=1S/C14H9N5O2/c20-13(11-7-9-3-1-2-4-10(9)21-11)17-14-15-6-5-12-18-16-8-19(12)14/h1-8H,(H,15,17,20). The van der Waals surface area contributed by atoms with Gasteiger partial charge in [-0.3, -0.25) is 14.5 Å². The summed E-state index contributed by atoms with van der Waals surface area (Å²) in [6.45, 7) is 0. The van der Waals surface area contributed by atoms with E-state index >= 15 is 0 Å². The molecule has 4 aromatic rings. The Kier molecular flexibility index (Phi) is 2.43. The molecule has 7 heteroatoms. The SMILES string of the molecule is O=C(Nc1nccc2nncn12)c1cc2ccccc2o1. The third kappa shape index (κ3) is 1.91. The number of furan rings is 1. The summed E-state index contributed by atoms with van der Waals surface area (Å²) in [4.78, 5) is 16.4. The summed E-state index contributed by atoms with van der Waals surface area (Å²) in [5.41, 5.74) is 1.27. The average molecular weight is 279 g/mol. The van der Waals surface area contributed by atoms with E-state index in [0.717, 1.165) is 5.39 Å². The molecule has 1 N–H and O–H groups in total. The lowest BCUT2D eigenvalue weighted by atomic mass is 10.2. The maximum Gasteiger partial charge on any atom is 0.293 e. The summed E-state index contributed by atoms with van der Waals surface area (Å²) >= 11 is 0. The fraction of sp³-hybridized carbons (Fsp3) is 0. The van der Waals surface area contributed by atoms with E-state index in [4.69, 9.17) is 4.42 Å². The highest BCUT2D eigenvalue weighted by Gasteiger charge is 2.14. The number of nitrogens with zero attached hydrogens (tertiary/aromatic N) is 4. The van der Waals surface area contributed by atoms with Crippen molar-refractivity contribution in [3.63, 3.8) is 0 Å². The average Bonchev–Trinajstić information content (AvgIpc) is 3.14.